The van der Waals surface area contributed by atoms with Crippen molar-refractivity contribution in [3.63, 3.8) is 0 Å². The predicted octanol–water partition coefficient (Wildman–Crippen LogP) is 4.71. The highest BCUT2D eigenvalue weighted by Crippen LogP contribution is 2.30. The number of sulfonamides is 1. The fourth-order valence-electron chi connectivity index (χ4n) is 2.81. The van der Waals surface area contributed by atoms with Crippen LogP contribution < -0.4 is 15.4 Å². The Hall–Kier alpha value is -3.15. The Labute approximate surface area is 195 Å². The summed E-state index contributed by atoms with van der Waals surface area (Å²) in [6.07, 6.45) is -0.597. The van der Waals surface area contributed by atoms with Crippen LogP contribution in [0.3, 0.4) is 0 Å². The van der Waals surface area contributed by atoms with E-state index >= 15 is 0 Å². The monoisotopic (exact) mass is 502 g/mol. The van der Waals surface area contributed by atoms with Crippen LogP contribution in [0, 0.1) is 5.82 Å². The molecule has 0 bridgehead atoms. The van der Waals surface area contributed by atoms with E-state index in [1.54, 1.807) is 13.8 Å². The summed E-state index contributed by atoms with van der Waals surface area (Å²) >= 11 is 0. The molecule has 186 valence electrons. The van der Waals surface area contributed by atoms with Gasteiger partial charge in [0, 0.05) is 17.7 Å². The van der Waals surface area contributed by atoms with Gasteiger partial charge in [0.2, 0.25) is 15.9 Å². The molecule has 7 nitrogen and oxygen atoms in total. The molecule has 0 saturated carbocycles. The van der Waals surface area contributed by atoms with Gasteiger partial charge >= 0.3 is 6.18 Å². The second-order valence-corrected chi connectivity index (χ2v) is 9.51. The fourth-order valence-corrected chi connectivity index (χ4v) is 3.37. The van der Waals surface area contributed by atoms with E-state index in [0.717, 1.165) is 24.5 Å². The molecule has 0 saturated heterocycles. The van der Waals surface area contributed by atoms with Gasteiger partial charge in [0.25, 0.3) is 0 Å². The molecule has 0 spiro atoms. The maximum Gasteiger partial charge on any atom is 0.433 e. The van der Waals surface area contributed by atoms with Gasteiger partial charge < -0.3 is 10.6 Å². The van der Waals surface area contributed by atoms with E-state index in [9.17, 15) is 30.8 Å². The van der Waals surface area contributed by atoms with Gasteiger partial charge in [-0.2, -0.15) is 13.2 Å². The van der Waals surface area contributed by atoms with Crippen LogP contribution in [0.4, 0.5) is 29.1 Å². The number of alkyl halides is 3. The number of hydrogen-bond donors (Lipinski definition) is 3. The molecule has 1 amide bonds. The molecule has 1 heterocycles. The standard InChI is InChI=1S/C22H26F4N4O3S/c1-5-13(2)27-21-15(7-10-19(29-21)22(24,25)26)8-11-20(31)28-14(3)16-6-9-18(17(23)12-16)30-34(4,32)33/h6-14,30H,5H2,1-4H3,(H,27,29)(H,28,31)/b11-8+. The Balaban J connectivity index is 2.17. The van der Waals surface area contributed by atoms with E-state index in [4.69, 9.17) is 0 Å². The van der Waals surface area contributed by atoms with E-state index in [-0.39, 0.29) is 17.5 Å². The second kappa shape index (κ2) is 10.9. The van der Waals surface area contributed by atoms with E-state index in [1.807, 2.05) is 11.6 Å². The van der Waals surface area contributed by atoms with Crippen LogP contribution in [0.5, 0.6) is 0 Å². The lowest BCUT2D eigenvalue weighted by Crippen LogP contribution is -2.25. The van der Waals surface area contributed by atoms with Gasteiger partial charge in [0.1, 0.15) is 17.3 Å². The molecule has 0 radical (unpaired) electrons. The first-order valence-corrected chi connectivity index (χ1v) is 12.2. The molecule has 12 heteroatoms. The summed E-state index contributed by atoms with van der Waals surface area (Å²) in [7, 11) is -3.65. The first-order chi connectivity index (χ1) is 15.7. The zero-order chi connectivity index (χ0) is 25.7. The number of amides is 1. The minimum absolute atomic E-state index is 0.00249. The Kier molecular flexibility index (Phi) is 8.65. The highest BCUT2D eigenvalue weighted by atomic mass is 32.2. The molecule has 1 aromatic heterocycles. The van der Waals surface area contributed by atoms with E-state index < -0.39 is 39.7 Å². The largest absolute Gasteiger partial charge is 0.433 e. The van der Waals surface area contributed by atoms with Crippen molar-refractivity contribution >= 4 is 33.5 Å². The summed E-state index contributed by atoms with van der Waals surface area (Å²) in [5, 5.41) is 5.52. The van der Waals surface area contributed by atoms with Gasteiger partial charge in [-0.25, -0.2) is 17.8 Å². The van der Waals surface area contributed by atoms with Crippen LogP contribution in [0.1, 0.15) is 50.1 Å². The van der Waals surface area contributed by atoms with Gasteiger partial charge in [-0.15, -0.1) is 0 Å². The molecule has 2 unspecified atom stereocenters. The number of rotatable bonds is 9. The summed E-state index contributed by atoms with van der Waals surface area (Å²) in [5.74, 6) is -1.38. The van der Waals surface area contributed by atoms with Gasteiger partial charge in [0.15, 0.2) is 0 Å². The molecule has 0 aliphatic carbocycles. The highest BCUT2D eigenvalue weighted by Gasteiger charge is 2.33. The first-order valence-electron chi connectivity index (χ1n) is 10.3. The van der Waals surface area contributed by atoms with Gasteiger partial charge in [-0.1, -0.05) is 13.0 Å². The maximum atomic E-state index is 14.2. The molecule has 2 aromatic rings. The minimum Gasteiger partial charge on any atom is -0.367 e. The number of carbonyl (C=O) groups is 1. The normalized spacial score (nSPS) is 14.0. The van der Waals surface area contributed by atoms with Gasteiger partial charge in [-0.05, 0) is 56.2 Å². The second-order valence-electron chi connectivity index (χ2n) is 7.76. The third-order valence-electron chi connectivity index (χ3n) is 4.77. The first kappa shape index (κ1) is 27.1. The third kappa shape index (κ3) is 8.01. The quantitative estimate of drug-likeness (QED) is 0.341. The number of pyridine rings is 1. The van der Waals surface area contributed by atoms with Crippen molar-refractivity contribution in [2.75, 3.05) is 16.3 Å². The van der Waals surface area contributed by atoms with Crippen molar-refractivity contribution < 1.29 is 30.8 Å². The fraction of sp³-hybridized carbons (Fsp3) is 0.364. The van der Waals surface area contributed by atoms with E-state index in [0.29, 0.717) is 17.5 Å². The number of aromatic nitrogens is 1. The summed E-state index contributed by atoms with van der Waals surface area (Å²) in [6, 6.07) is 5.06. The smallest absolute Gasteiger partial charge is 0.367 e. The Morgan fingerprint density at radius 2 is 1.85 bits per heavy atom. The maximum absolute atomic E-state index is 14.2. The van der Waals surface area contributed by atoms with Crippen molar-refractivity contribution in [2.24, 2.45) is 0 Å². The van der Waals surface area contributed by atoms with E-state index in [2.05, 4.69) is 15.6 Å². The van der Waals surface area contributed by atoms with Gasteiger partial charge in [0.05, 0.1) is 18.0 Å². The summed E-state index contributed by atoms with van der Waals surface area (Å²) in [6.45, 7) is 5.25. The minimum atomic E-state index is -4.61. The van der Waals surface area contributed by atoms with E-state index in [1.165, 1.54) is 24.3 Å². The Morgan fingerprint density at radius 3 is 2.41 bits per heavy atom. The van der Waals surface area contributed by atoms with Crippen LogP contribution in [0.15, 0.2) is 36.4 Å². The van der Waals surface area contributed by atoms with Crippen LogP contribution in [0.25, 0.3) is 6.08 Å². The number of hydrogen-bond acceptors (Lipinski definition) is 5. The van der Waals surface area contributed by atoms with Gasteiger partial charge in [-0.3, -0.25) is 9.52 Å². The molecule has 0 aliphatic heterocycles. The molecule has 3 N–H and O–H groups in total. The van der Waals surface area contributed by atoms with Crippen molar-refractivity contribution in [2.45, 2.75) is 45.5 Å². The third-order valence-corrected chi connectivity index (χ3v) is 5.36. The average molecular weight is 503 g/mol. The molecule has 2 rings (SSSR count). The number of nitrogens with zero attached hydrogens (tertiary/aromatic N) is 1. The molecular weight excluding hydrogens is 476 g/mol. The van der Waals surface area contributed by atoms with Crippen molar-refractivity contribution in [3.05, 3.63) is 59.0 Å². The molecule has 0 fully saturated rings. The summed E-state index contributed by atoms with van der Waals surface area (Å²) in [5.41, 5.74) is -0.600. The van der Waals surface area contributed by atoms with Crippen LogP contribution in [-0.4, -0.2) is 31.6 Å². The van der Waals surface area contributed by atoms with Crippen LogP contribution in [-0.2, 0) is 21.0 Å². The molecule has 0 aliphatic rings. The molecule has 2 atom stereocenters. The lowest BCUT2D eigenvalue weighted by Gasteiger charge is -2.17. The topological polar surface area (TPSA) is 100 Å². The molecular formula is C22H26F4N4O3S. The number of anilines is 2. The number of benzene rings is 1. The zero-order valence-corrected chi connectivity index (χ0v) is 19.8. The van der Waals surface area contributed by atoms with Crippen molar-refractivity contribution in [3.8, 4) is 0 Å². The van der Waals surface area contributed by atoms with Crippen molar-refractivity contribution in [1.82, 2.24) is 10.3 Å². The van der Waals surface area contributed by atoms with Crippen molar-refractivity contribution in [1.29, 1.82) is 0 Å². The lowest BCUT2D eigenvalue weighted by atomic mass is 10.1. The average Bonchev–Trinajstić information content (AvgIpc) is 2.72. The summed E-state index contributed by atoms with van der Waals surface area (Å²) < 4.78 is 77.9. The number of carbonyl (C=O) groups excluding carboxylic acids is 1. The van der Waals surface area contributed by atoms with Crippen LogP contribution >= 0.6 is 0 Å². The molecule has 34 heavy (non-hydrogen) atoms. The highest BCUT2D eigenvalue weighted by molar-refractivity contribution is 7.92. The number of nitrogens with one attached hydrogen (secondary N) is 3. The Bertz CT molecular complexity index is 1170. The summed E-state index contributed by atoms with van der Waals surface area (Å²) in [4.78, 5) is 16.0. The van der Waals surface area contributed by atoms with Crippen LogP contribution in [0.2, 0.25) is 0 Å². The number of halogens is 4. The SMILES string of the molecule is CCC(C)Nc1nc(C(F)(F)F)ccc1/C=C/C(=O)NC(C)c1ccc(NS(C)(=O)=O)c(F)c1. The molecule has 1 aromatic carbocycles. The predicted molar refractivity (Wildman–Crippen MR) is 123 cm³/mol. The zero-order valence-electron chi connectivity index (χ0n) is 19.0. The lowest BCUT2D eigenvalue weighted by molar-refractivity contribution is -0.141. The Morgan fingerprint density at radius 1 is 1.18 bits per heavy atom.